The van der Waals surface area contributed by atoms with Crippen molar-refractivity contribution in [3.8, 4) is 16.9 Å². The maximum Gasteiger partial charge on any atom is 0.358 e. The van der Waals surface area contributed by atoms with Crippen LogP contribution >= 0.6 is 0 Å². The summed E-state index contributed by atoms with van der Waals surface area (Å²) in [4.78, 5) is 29.6. The minimum absolute atomic E-state index is 0.0851. The van der Waals surface area contributed by atoms with Crippen molar-refractivity contribution in [3.63, 3.8) is 0 Å². The molecule has 5 rings (SSSR count). The summed E-state index contributed by atoms with van der Waals surface area (Å²) in [5.41, 5.74) is 7.01. The number of aromatic nitrogens is 2. The molecule has 38 heavy (non-hydrogen) atoms. The van der Waals surface area contributed by atoms with E-state index in [0.29, 0.717) is 19.7 Å². The quantitative estimate of drug-likeness (QED) is 0.331. The molecule has 0 N–H and O–H groups in total. The van der Waals surface area contributed by atoms with Gasteiger partial charge in [-0.3, -0.25) is 4.79 Å². The average molecular weight is 509 g/mol. The van der Waals surface area contributed by atoms with Gasteiger partial charge in [0.05, 0.1) is 18.0 Å². The van der Waals surface area contributed by atoms with E-state index in [-0.39, 0.29) is 11.6 Å². The van der Waals surface area contributed by atoms with Gasteiger partial charge in [0.2, 0.25) is 0 Å². The number of piperazine rings is 1. The summed E-state index contributed by atoms with van der Waals surface area (Å²) < 4.78 is 7.02. The van der Waals surface area contributed by atoms with Gasteiger partial charge in [-0.2, -0.15) is 5.10 Å². The molecular weight excluding hydrogens is 476 g/mol. The lowest BCUT2D eigenvalue weighted by molar-refractivity contribution is 0.0518. The molecule has 1 aromatic heterocycles. The molecule has 0 spiro atoms. The number of aryl methyl sites for hydroxylation is 2. The number of amides is 1. The number of hydrogen-bond acceptors (Lipinski definition) is 5. The van der Waals surface area contributed by atoms with Crippen LogP contribution in [0.15, 0.2) is 78.9 Å². The molecular formula is C31H32N4O3. The zero-order valence-electron chi connectivity index (χ0n) is 22.1. The Hall–Kier alpha value is -4.39. The first-order chi connectivity index (χ1) is 18.4. The largest absolute Gasteiger partial charge is 0.461 e. The molecule has 0 saturated carbocycles. The molecule has 1 amide bonds. The van der Waals surface area contributed by atoms with E-state index in [1.165, 1.54) is 0 Å². The smallest absolute Gasteiger partial charge is 0.358 e. The fourth-order valence-electron chi connectivity index (χ4n) is 4.77. The first kappa shape index (κ1) is 25.3. The number of benzene rings is 3. The molecule has 1 aliphatic rings. The summed E-state index contributed by atoms with van der Waals surface area (Å²) >= 11 is 0. The van der Waals surface area contributed by atoms with E-state index >= 15 is 0 Å². The van der Waals surface area contributed by atoms with E-state index in [1.807, 2.05) is 72.0 Å². The van der Waals surface area contributed by atoms with Crippen molar-refractivity contribution in [2.75, 3.05) is 37.7 Å². The van der Waals surface area contributed by atoms with Crippen LogP contribution in [0.1, 0.15) is 38.9 Å². The Kier molecular flexibility index (Phi) is 7.26. The number of hydrogen-bond donors (Lipinski definition) is 0. The van der Waals surface area contributed by atoms with Crippen molar-refractivity contribution < 1.29 is 14.3 Å². The highest BCUT2D eigenvalue weighted by molar-refractivity contribution is 5.94. The second-order valence-corrected chi connectivity index (χ2v) is 9.53. The summed E-state index contributed by atoms with van der Waals surface area (Å²) in [5.74, 6) is -0.349. The zero-order valence-corrected chi connectivity index (χ0v) is 22.1. The lowest BCUT2D eigenvalue weighted by atomic mass is 10.1. The Balaban J connectivity index is 1.34. The van der Waals surface area contributed by atoms with Gasteiger partial charge in [-0.05, 0) is 62.7 Å². The first-order valence-electron chi connectivity index (χ1n) is 13.0. The van der Waals surface area contributed by atoms with Gasteiger partial charge in [-0.25, -0.2) is 9.48 Å². The van der Waals surface area contributed by atoms with Crippen LogP contribution in [0.3, 0.4) is 0 Å². The van der Waals surface area contributed by atoms with Gasteiger partial charge in [0.1, 0.15) is 0 Å². The number of ether oxygens (including phenoxy) is 1. The molecule has 0 radical (unpaired) electrons. The summed E-state index contributed by atoms with van der Waals surface area (Å²) in [5, 5.41) is 4.60. The minimum atomic E-state index is -0.434. The minimum Gasteiger partial charge on any atom is -0.461 e. The number of anilines is 1. The molecule has 7 nitrogen and oxygen atoms in total. The van der Waals surface area contributed by atoms with Crippen LogP contribution in [-0.2, 0) is 4.74 Å². The Labute approximate surface area is 223 Å². The Morgan fingerprint density at radius 3 is 2.21 bits per heavy atom. The predicted molar refractivity (Wildman–Crippen MR) is 149 cm³/mol. The fourth-order valence-corrected chi connectivity index (χ4v) is 4.77. The third kappa shape index (κ3) is 5.18. The third-order valence-corrected chi connectivity index (χ3v) is 6.93. The van der Waals surface area contributed by atoms with Crippen molar-refractivity contribution in [2.24, 2.45) is 0 Å². The van der Waals surface area contributed by atoms with Gasteiger partial charge >= 0.3 is 5.97 Å². The number of esters is 1. The van der Waals surface area contributed by atoms with E-state index in [2.05, 4.69) is 34.3 Å². The highest BCUT2D eigenvalue weighted by Crippen LogP contribution is 2.28. The van der Waals surface area contributed by atoms with Gasteiger partial charge in [0.15, 0.2) is 5.69 Å². The van der Waals surface area contributed by atoms with Crippen molar-refractivity contribution >= 4 is 17.6 Å². The van der Waals surface area contributed by atoms with E-state index in [0.717, 1.165) is 52.4 Å². The van der Waals surface area contributed by atoms with Crippen molar-refractivity contribution in [2.45, 2.75) is 20.8 Å². The van der Waals surface area contributed by atoms with Crippen molar-refractivity contribution in [1.82, 2.24) is 14.7 Å². The number of nitrogens with zero attached hydrogens (tertiary/aromatic N) is 4. The second kappa shape index (κ2) is 10.9. The monoisotopic (exact) mass is 508 g/mol. The summed E-state index contributed by atoms with van der Waals surface area (Å²) in [6.45, 7) is 9.02. The van der Waals surface area contributed by atoms with Crippen LogP contribution in [0.2, 0.25) is 0 Å². The van der Waals surface area contributed by atoms with Crippen LogP contribution in [-0.4, -0.2) is 59.3 Å². The standard InChI is InChI=1S/C31H32N4O3/c1-4-38-31(37)27-21-29(35(32-27)28-8-6-5-7-23(28)3)24-13-15-26(16-14-24)33-17-19-34(20-18-33)30(36)25-11-9-22(2)10-12-25/h5-16,21H,4,17-20H2,1-3H3. The zero-order chi connectivity index (χ0) is 26.6. The highest BCUT2D eigenvalue weighted by Gasteiger charge is 2.23. The molecule has 1 fully saturated rings. The summed E-state index contributed by atoms with van der Waals surface area (Å²) in [7, 11) is 0. The van der Waals surface area contributed by atoms with E-state index in [4.69, 9.17) is 4.74 Å². The van der Waals surface area contributed by atoms with Crippen molar-refractivity contribution in [3.05, 3.63) is 101 Å². The van der Waals surface area contributed by atoms with Gasteiger partial charge in [-0.15, -0.1) is 0 Å². The van der Waals surface area contributed by atoms with E-state index in [9.17, 15) is 9.59 Å². The molecule has 2 heterocycles. The summed E-state index contributed by atoms with van der Waals surface area (Å²) in [6.07, 6.45) is 0. The molecule has 1 aliphatic heterocycles. The van der Waals surface area contributed by atoms with Crippen LogP contribution in [0.4, 0.5) is 5.69 Å². The maximum absolute atomic E-state index is 12.9. The van der Waals surface area contributed by atoms with Crippen LogP contribution in [0.25, 0.3) is 16.9 Å². The maximum atomic E-state index is 12.9. The number of rotatable bonds is 6. The molecule has 0 aliphatic carbocycles. The van der Waals surface area contributed by atoms with Crippen LogP contribution < -0.4 is 4.90 Å². The topological polar surface area (TPSA) is 67.7 Å². The Morgan fingerprint density at radius 1 is 0.868 bits per heavy atom. The van der Waals surface area contributed by atoms with Gasteiger partial charge in [0, 0.05) is 43.0 Å². The molecule has 4 aromatic rings. The Morgan fingerprint density at radius 2 is 1.55 bits per heavy atom. The van der Waals surface area contributed by atoms with Crippen LogP contribution in [0, 0.1) is 13.8 Å². The molecule has 1 saturated heterocycles. The number of carbonyl (C=O) groups is 2. The lowest BCUT2D eigenvalue weighted by Crippen LogP contribution is -2.48. The molecule has 0 bridgehead atoms. The lowest BCUT2D eigenvalue weighted by Gasteiger charge is -2.36. The highest BCUT2D eigenvalue weighted by atomic mass is 16.5. The summed E-state index contributed by atoms with van der Waals surface area (Å²) in [6, 6.07) is 25.8. The molecule has 194 valence electrons. The molecule has 3 aromatic carbocycles. The van der Waals surface area contributed by atoms with E-state index < -0.39 is 5.97 Å². The second-order valence-electron chi connectivity index (χ2n) is 9.53. The molecule has 0 atom stereocenters. The van der Waals surface area contributed by atoms with Gasteiger partial charge in [-0.1, -0.05) is 48.0 Å². The third-order valence-electron chi connectivity index (χ3n) is 6.93. The van der Waals surface area contributed by atoms with Gasteiger partial charge in [0.25, 0.3) is 5.91 Å². The van der Waals surface area contributed by atoms with E-state index in [1.54, 1.807) is 13.0 Å². The SMILES string of the molecule is CCOC(=O)c1cc(-c2ccc(N3CCN(C(=O)c4ccc(C)cc4)CC3)cc2)n(-c2ccccc2C)n1. The average Bonchev–Trinajstić information content (AvgIpc) is 3.39. The molecule has 7 heteroatoms. The predicted octanol–water partition coefficient (Wildman–Crippen LogP) is 5.30. The molecule has 0 unspecified atom stereocenters. The number of carbonyl (C=O) groups excluding carboxylic acids is 2. The van der Waals surface area contributed by atoms with Crippen LogP contribution in [0.5, 0.6) is 0 Å². The Bertz CT molecular complexity index is 1430. The normalized spacial score (nSPS) is 13.4. The van der Waals surface area contributed by atoms with Gasteiger partial charge < -0.3 is 14.5 Å². The fraction of sp³-hybridized carbons (Fsp3) is 0.258. The number of para-hydroxylation sites is 1. The van der Waals surface area contributed by atoms with Crippen molar-refractivity contribution in [1.29, 1.82) is 0 Å². The first-order valence-corrected chi connectivity index (χ1v) is 13.0.